The van der Waals surface area contributed by atoms with Crippen molar-refractivity contribution in [3.8, 4) is 0 Å². The van der Waals surface area contributed by atoms with E-state index >= 15 is 0 Å². The van der Waals surface area contributed by atoms with E-state index in [9.17, 15) is 0 Å². The average molecular weight is 329 g/mol. The van der Waals surface area contributed by atoms with Crippen LogP contribution in [0.5, 0.6) is 0 Å². The molecule has 1 saturated heterocycles. The number of nitrogens with one attached hydrogen (secondary N) is 1. The second-order valence-corrected chi connectivity index (χ2v) is 7.91. The molecule has 0 radical (unpaired) electrons. The number of hydrogen-bond donors (Lipinski definition) is 1. The van der Waals surface area contributed by atoms with Crippen LogP contribution in [0.25, 0.3) is 0 Å². The largest absolute Gasteiger partial charge is 0.314 e. The third kappa shape index (κ3) is 2.82. The molecule has 0 amide bonds. The normalized spacial score (nSPS) is 24.5. The number of rotatable bonds is 3. The van der Waals surface area contributed by atoms with Gasteiger partial charge in [-0.05, 0) is 46.8 Å². The van der Waals surface area contributed by atoms with Gasteiger partial charge in [0, 0.05) is 37.1 Å². The predicted octanol–water partition coefficient (Wildman–Crippen LogP) is 3.65. The number of piperazine rings is 1. The average Bonchev–Trinajstić information content (AvgIpc) is 3.04. The van der Waals surface area contributed by atoms with Crippen molar-refractivity contribution in [2.75, 3.05) is 26.2 Å². The maximum Gasteiger partial charge on any atom is 0.0701 e. The van der Waals surface area contributed by atoms with Crippen molar-refractivity contribution in [2.45, 2.75) is 31.7 Å². The topological polar surface area (TPSA) is 15.3 Å². The summed E-state index contributed by atoms with van der Waals surface area (Å²) in [6.45, 7) is 4.71. The zero-order valence-corrected chi connectivity index (χ0v) is 13.1. The first-order valence-corrected chi connectivity index (χ1v) is 8.65. The molecule has 2 heterocycles. The Hall–Kier alpha value is 0.1000. The molecule has 0 unspecified atom stereocenters. The van der Waals surface area contributed by atoms with Gasteiger partial charge in [0.2, 0.25) is 0 Å². The van der Waals surface area contributed by atoms with Crippen molar-refractivity contribution in [3.63, 3.8) is 0 Å². The molecule has 100 valence electrons. The Labute approximate surface area is 122 Å². The minimum Gasteiger partial charge on any atom is -0.314 e. The van der Waals surface area contributed by atoms with Crippen molar-refractivity contribution in [3.05, 3.63) is 20.8 Å². The van der Waals surface area contributed by atoms with E-state index in [2.05, 4.69) is 38.3 Å². The summed E-state index contributed by atoms with van der Waals surface area (Å²) in [6, 6.07) is 5.22. The van der Waals surface area contributed by atoms with Crippen molar-refractivity contribution in [1.82, 2.24) is 10.2 Å². The van der Waals surface area contributed by atoms with E-state index in [0.29, 0.717) is 6.04 Å². The van der Waals surface area contributed by atoms with Crippen LogP contribution in [-0.2, 0) is 0 Å². The molecule has 1 aromatic rings. The lowest BCUT2D eigenvalue weighted by atomic mass is 9.94. The molecule has 0 spiro atoms. The number of halogens is 1. The number of thiophene rings is 1. The van der Waals surface area contributed by atoms with E-state index in [4.69, 9.17) is 0 Å². The summed E-state index contributed by atoms with van der Waals surface area (Å²) in [6.07, 6.45) is 5.70. The molecule has 2 nitrogen and oxygen atoms in total. The van der Waals surface area contributed by atoms with Crippen LogP contribution in [-0.4, -0.2) is 31.1 Å². The third-order valence-corrected chi connectivity index (χ3v) is 5.97. The van der Waals surface area contributed by atoms with Crippen LogP contribution in [0.2, 0.25) is 0 Å². The quantitative estimate of drug-likeness (QED) is 0.911. The van der Waals surface area contributed by atoms with Crippen LogP contribution in [0, 0.1) is 5.92 Å². The van der Waals surface area contributed by atoms with Crippen LogP contribution in [0.4, 0.5) is 0 Å². The summed E-state index contributed by atoms with van der Waals surface area (Å²) < 4.78 is 1.27. The minimum atomic E-state index is 0.672. The van der Waals surface area contributed by atoms with Crippen molar-refractivity contribution in [2.24, 2.45) is 5.92 Å². The Kier molecular flexibility index (Phi) is 4.39. The summed E-state index contributed by atoms with van der Waals surface area (Å²) in [7, 11) is 0. The molecule has 2 fully saturated rings. The summed E-state index contributed by atoms with van der Waals surface area (Å²) in [5, 5.41) is 3.47. The Morgan fingerprint density at radius 2 is 1.94 bits per heavy atom. The summed E-state index contributed by atoms with van der Waals surface area (Å²) in [4.78, 5) is 4.28. The first-order valence-electron chi connectivity index (χ1n) is 7.04. The molecular weight excluding hydrogens is 308 g/mol. The fourth-order valence-corrected chi connectivity index (χ4v) is 5.08. The molecule has 1 aliphatic carbocycles. The Morgan fingerprint density at radius 1 is 1.22 bits per heavy atom. The highest BCUT2D eigenvalue weighted by molar-refractivity contribution is 9.11. The maximum absolute atomic E-state index is 3.62. The van der Waals surface area contributed by atoms with Crippen molar-refractivity contribution >= 4 is 27.3 Å². The van der Waals surface area contributed by atoms with E-state index < -0.39 is 0 Å². The van der Waals surface area contributed by atoms with Crippen molar-refractivity contribution < 1.29 is 0 Å². The van der Waals surface area contributed by atoms with Gasteiger partial charge in [-0.15, -0.1) is 11.3 Å². The fraction of sp³-hybridized carbons (Fsp3) is 0.714. The van der Waals surface area contributed by atoms with Gasteiger partial charge in [-0.2, -0.15) is 0 Å². The van der Waals surface area contributed by atoms with E-state index in [1.807, 2.05) is 11.3 Å². The molecular formula is C14H21BrN2S. The first kappa shape index (κ1) is 13.1. The van der Waals surface area contributed by atoms with Gasteiger partial charge < -0.3 is 5.32 Å². The molecule has 4 heteroatoms. The van der Waals surface area contributed by atoms with Crippen LogP contribution in [0.15, 0.2) is 15.9 Å². The molecule has 1 aliphatic heterocycles. The van der Waals surface area contributed by atoms with E-state index in [1.165, 1.54) is 42.6 Å². The summed E-state index contributed by atoms with van der Waals surface area (Å²) in [5.74, 6) is 0.883. The SMILES string of the molecule is Brc1ccc([C@H](C2CCCC2)N2CCNCC2)s1. The molecule has 2 aliphatic rings. The standard InChI is InChI=1S/C14H21BrN2S/c15-13-6-5-12(18-13)14(11-3-1-2-4-11)17-9-7-16-8-10-17/h5-6,11,14,16H,1-4,7-10H2/t14-/m0/s1. The van der Waals surface area contributed by atoms with Crippen LogP contribution >= 0.6 is 27.3 Å². The van der Waals surface area contributed by atoms with E-state index in [0.717, 1.165) is 19.0 Å². The van der Waals surface area contributed by atoms with Gasteiger partial charge in [0.25, 0.3) is 0 Å². The second kappa shape index (κ2) is 6.04. The Morgan fingerprint density at radius 3 is 2.56 bits per heavy atom. The predicted molar refractivity (Wildman–Crippen MR) is 81.2 cm³/mol. The maximum atomic E-state index is 3.62. The third-order valence-electron chi connectivity index (χ3n) is 4.28. The molecule has 18 heavy (non-hydrogen) atoms. The lowest BCUT2D eigenvalue weighted by Gasteiger charge is -2.37. The molecule has 1 N–H and O–H groups in total. The van der Waals surface area contributed by atoms with E-state index in [-0.39, 0.29) is 0 Å². The number of hydrogen-bond acceptors (Lipinski definition) is 3. The lowest BCUT2D eigenvalue weighted by molar-refractivity contribution is 0.128. The monoisotopic (exact) mass is 328 g/mol. The second-order valence-electron chi connectivity index (χ2n) is 5.42. The fourth-order valence-electron chi connectivity index (χ4n) is 3.43. The van der Waals surface area contributed by atoms with Gasteiger partial charge in [0.15, 0.2) is 0 Å². The van der Waals surface area contributed by atoms with Gasteiger partial charge in [-0.1, -0.05) is 12.8 Å². The molecule has 1 saturated carbocycles. The molecule has 1 atom stereocenters. The Bertz CT molecular complexity index is 381. The van der Waals surface area contributed by atoms with Crippen LogP contribution < -0.4 is 5.32 Å². The zero-order chi connectivity index (χ0) is 12.4. The highest BCUT2D eigenvalue weighted by atomic mass is 79.9. The first-order chi connectivity index (χ1) is 8.84. The smallest absolute Gasteiger partial charge is 0.0701 e. The van der Waals surface area contributed by atoms with Gasteiger partial charge in [0.1, 0.15) is 0 Å². The van der Waals surface area contributed by atoms with Gasteiger partial charge in [0.05, 0.1) is 3.79 Å². The van der Waals surface area contributed by atoms with Gasteiger partial charge in [-0.3, -0.25) is 4.90 Å². The highest BCUT2D eigenvalue weighted by Gasteiger charge is 2.32. The summed E-state index contributed by atoms with van der Waals surface area (Å²) >= 11 is 5.55. The number of nitrogens with zero attached hydrogens (tertiary/aromatic N) is 1. The molecule has 1 aromatic heterocycles. The van der Waals surface area contributed by atoms with E-state index in [1.54, 1.807) is 4.88 Å². The molecule has 0 aromatic carbocycles. The molecule has 0 bridgehead atoms. The minimum absolute atomic E-state index is 0.672. The zero-order valence-electron chi connectivity index (χ0n) is 10.7. The highest BCUT2D eigenvalue weighted by Crippen LogP contribution is 2.42. The molecule has 3 rings (SSSR count). The van der Waals surface area contributed by atoms with Crippen LogP contribution in [0.3, 0.4) is 0 Å². The van der Waals surface area contributed by atoms with Crippen LogP contribution in [0.1, 0.15) is 36.6 Å². The lowest BCUT2D eigenvalue weighted by Crippen LogP contribution is -2.46. The van der Waals surface area contributed by atoms with Gasteiger partial charge in [-0.25, -0.2) is 0 Å². The van der Waals surface area contributed by atoms with Gasteiger partial charge >= 0.3 is 0 Å². The van der Waals surface area contributed by atoms with Crippen molar-refractivity contribution in [1.29, 1.82) is 0 Å². The summed E-state index contributed by atoms with van der Waals surface area (Å²) in [5.41, 5.74) is 0. The Balaban J connectivity index is 1.82.